The Bertz CT molecular complexity index is 4040. The predicted molar refractivity (Wildman–Crippen MR) is 237 cm³/mol. The molecule has 11 rings (SSSR count). The number of fused-ring (bicyclic) bond motifs is 9. The summed E-state index contributed by atoms with van der Waals surface area (Å²) in [6, 6.07) is 20.7. The largest absolute Gasteiger partial charge is 0.208 e. The van der Waals surface area contributed by atoms with E-state index in [0.29, 0.717) is 11.1 Å². The van der Waals surface area contributed by atoms with Gasteiger partial charge in [-0.05, 0) is 101 Å². The molecule has 3 nitrogen and oxygen atoms in total. The zero-order chi connectivity index (χ0) is 51.1. The number of aromatic nitrogens is 3. The number of rotatable bonds is 5. The minimum absolute atomic E-state index is 0.149. The fourth-order valence-corrected chi connectivity index (χ4v) is 7.92. The molecule has 0 fully saturated rings. The molecular formula is C54H37N3. The van der Waals surface area contributed by atoms with E-state index < -0.39 is 113 Å². The molecule has 3 heteroatoms. The second-order valence-electron chi connectivity index (χ2n) is 14.4. The van der Waals surface area contributed by atoms with E-state index >= 15 is 0 Å². The molecule has 0 atom stereocenters. The van der Waals surface area contributed by atoms with Gasteiger partial charge in [0.1, 0.15) is 0 Å². The molecule has 57 heavy (non-hydrogen) atoms. The molecule has 1 aliphatic rings. The first kappa shape index (κ1) is 21.2. The third-order valence-corrected chi connectivity index (χ3v) is 10.7. The minimum Gasteiger partial charge on any atom is -0.208 e. The van der Waals surface area contributed by atoms with Gasteiger partial charge in [-0.1, -0.05) is 177 Å². The van der Waals surface area contributed by atoms with Gasteiger partial charge in [-0.15, -0.1) is 0 Å². The average Bonchev–Trinajstić information content (AvgIpc) is 3.62. The van der Waals surface area contributed by atoms with Crippen molar-refractivity contribution in [1.29, 1.82) is 0 Å². The van der Waals surface area contributed by atoms with E-state index in [-0.39, 0.29) is 50.0 Å². The maximum atomic E-state index is 9.87. The highest BCUT2D eigenvalue weighted by Crippen LogP contribution is 2.49. The summed E-state index contributed by atoms with van der Waals surface area (Å²) in [5.74, 6) is 0.0747. The van der Waals surface area contributed by atoms with E-state index in [1.807, 2.05) is 84.9 Å². The smallest absolute Gasteiger partial charge is 0.164 e. The highest BCUT2D eigenvalue weighted by molar-refractivity contribution is 6.25. The molecule has 0 saturated carbocycles. The Morgan fingerprint density at radius 3 is 1.65 bits per heavy atom. The zero-order valence-electron chi connectivity index (χ0n) is 45.6. The fraction of sp³-hybridized carbons (Fsp3) is 0.0556. The van der Waals surface area contributed by atoms with Crippen LogP contribution in [-0.2, 0) is 5.41 Å². The van der Waals surface area contributed by atoms with Crippen molar-refractivity contribution in [1.82, 2.24) is 15.0 Å². The number of hydrogen-bond donors (Lipinski definition) is 0. The summed E-state index contributed by atoms with van der Waals surface area (Å²) in [7, 11) is 0. The van der Waals surface area contributed by atoms with Crippen LogP contribution in [0.15, 0.2) is 188 Å². The summed E-state index contributed by atoms with van der Waals surface area (Å²) in [5.41, 5.74) is 5.35. The highest BCUT2D eigenvalue weighted by Gasteiger charge is 2.35. The maximum Gasteiger partial charge on any atom is 0.164 e. The average molecular weight is 743 g/mol. The molecule has 10 aromatic rings. The number of hydrogen-bond acceptors (Lipinski definition) is 3. The second kappa shape index (κ2) is 12.9. The second-order valence-corrected chi connectivity index (χ2v) is 14.4. The summed E-state index contributed by atoms with van der Waals surface area (Å²) in [4.78, 5) is 14.7. The lowest BCUT2D eigenvalue weighted by atomic mass is 9.82. The lowest BCUT2D eigenvalue weighted by molar-refractivity contribution is 0.660. The van der Waals surface area contributed by atoms with Gasteiger partial charge in [0.15, 0.2) is 17.5 Å². The molecule has 1 aliphatic carbocycles. The van der Waals surface area contributed by atoms with Crippen molar-refractivity contribution in [3.8, 4) is 67.5 Å². The molecule has 0 spiro atoms. The monoisotopic (exact) mass is 742 g/mol. The van der Waals surface area contributed by atoms with Crippen molar-refractivity contribution in [2.45, 2.75) is 19.3 Å². The molecule has 0 bridgehead atoms. The van der Waals surface area contributed by atoms with Crippen molar-refractivity contribution in [2.75, 3.05) is 0 Å². The Balaban J connectivity index is 1.22. The van der Waals surface area contributed by atoms with E-state index in [2.05, 4.69) is 26.0 Å². The van der Waals surface area contributed by atoms with Crippen LogP contribution >= 0.6 is 0 Å². The normalized spacial score (nSPS) is 16.6. The van der Waals surface area contributed by atoms with Gasteiger partial charge in [-0.2, -0.15) is 0 Å². The number of nitrogens with zero attached hydrogens (tertiary/aromatic N) is 3. The summed E-state index contributed by atoms with van der Waals surface area (Å²) < 4.78 is 137. The van der Waals surface area contributed by atoms with Gasteiger partial charge in [0.2, 0.25) is 0 Å². The Labute approximate surface area is 353 Å². The maximum absolute atomic E-state index is 9.87. The van der Waals surface area contributed by atoms with Crippen LogP contribution < -0.4 is 0 Å². The van der Waals surface area contributed by atoms with Crippen molar-refractivity contribution >= 4 is 32.3 Å². The van der Waals surface area contributed by atoms with Gasteiger partial charge in [-0.3, -0.25) is 0 Å². The molecule has 0 aliphatic heterocycles. The number of benzene rings is 9. The SMILES string of the molecule is [2H]c1c([2H])c(-c2nc(-c3cccc(-c4ccccc4)c3)nc(-c3ccc4c(c3)C(C)(C)c3ccccc3-4)n2)c([2H])c(-c2c([2H])c([2H])c3c4c([2H])c([2H])c([2H])c([2H])c4c4c([2H])c([2H])c([2H])c([2H])c4c3c2[2H])c1[2H]. The van der Waals surface area contributed by atoms with Crippen molar-refractivity contribution in [3.05, 3.63) is 199 Å². The molecule has 9 aromatic carbocycles. The summed E-state index contributed by atoms with van der Waals surface area (Å²) >= 11 is 0. The Morgan fingerprint density at radius 2 is 0.912 bits per heavy atom. The van der Waals surface area contributed by atoms with Crippen LogP contribution in [0.25, 0.3) is 99.9 Å². The predicted octanol–water partition coefficient (Wildman–Crippen LogP) is 14.0. The van der Waals surface area contributed by atoms with Gasteiger partial charge >= 0.3 is 0 Å². The van der Waals surface area contributed by atoms with E-state index in [9.17, 15) is 9.60 Å². The van der Waals surface area contributed by atoms with E-state index in [4.69, 9.17) is 25.9 Å². The fourth-order valence-electron chi connectivity index (χ4n) is 7.92. The van der Waals surface area contributed by atoms with Crippen LogP contribution in [0.5, 0.6) is 0 Å². The quantitative estimate of drug-likeness (QED) is 0.165. The van der Waals surface area contributed by atoms with Crippen LogP contribution in [0.4, 0.5) is 0 Å². The molecule has 268 valence electrons. The van der Waals surface area contributed by atoms with E-state index in [0.717, 1.165) is 33.4 Å². The lowest BCUT2D eigenvalue weighted by Gasteiger charge is -2.21. The van der Waals surface area contributed by atoms with E-state index in [1.54, 1.807) is 0 Å². The molecule has 0 radical (unpaired) electrons. The first-order valence-corrected chi connectivity index (χ1v) is 18.4. The third-order valence-electron chi connectivity index (χ3n) is 10.7. The third kappa shape index (κ3) is 5.46. The van der Waals surface area contributed by atoms with Gasteiger partial charge in [-0.25, -0.2) is 15.0 Å². The summed E-state index contributed by atoms with van der Waals surface area (Å²) in [5, 5.41) is -2.18. The van der Waals surface area contributed by atoms with Gasteiger partial charge < -0.3 is 0 Å². The van der Waals surface area contributed by atoms with Crippen LogP contribution in [0, 0.1) is 0 Å². The first-order chi connectivity index (χ1) is 34.3. The standard InChI is InChI=1S/C54H37N3/c1-54(2)49-25-11-10-24-46(49)47-29-27-40(33-50(47)54)53-56-51(38-18-12-16-35(30-38)34-14-4-3-5-15-34)55-52(57-53)39-19-13-17-36(31-39)37-26-28-45-43-22-7-6-20-41(43)42-21-8-9-23-44(42)48(45)32-37/h3-33H,1-2H3/i6D,7D,8D,9D,13D,17D,19D,20D,21D,22D,23D,26D,28D,31D,32D. The van der Waals surface area contributed by atoms with Crippen molar-refractivity contribution in [3.63, 3.8) is 0 Å². The molecule has 1 heterocycles. The summed E-state index contributed by atoms with van der Waals surface area (Å²) in [6.07, 6.45) is 0. The topological polar surface area (TPSA) is 38.7 Å². The van der Waals surface area contributed by atoms with E-state index in [1.165, 1.54) is 0 Å². The van der Waals surface area contributed by atoms with Gasteiger partial charge in [0.25, 0.3) is 0 Å². The molecule has 0 unspecified atom stereocenters. The molecule has 0 saturated heterocycles. The van der Waals surface area contributed by atoms with Crippen molar-refractivity contribution < 1.29 is 20.6 Å². The van der Waals surface area contributed by atoms with Crippen LogP contribution in [-0.4, -0.2) is 15.0 Å². The molecular weight excluding hydrogens is 691 g/mol. The van der Waals surface area contributed by atoms with Gasteiger partial charge in [0.05, 0.1) is 20.6 Å². The first-order valence-electron chi connectivity index (χ1n) is 25.9. The Kier molecular flexibility index (Phi) is 4.80. The Hall–Kier alpha value is -7.23. The highest BCUT2D eigenvalue weighted by atomic mass is 15.0. The molecule has 0 N–H and O–H groups in total. The molecule has 1 aromatic heterocycles. The van der Waals surface area contributed by atoms with Crippen LogP contribution in [0.2, 0.25) is 0 Å². The molecule has 0 amide bonds. The van der Waals surface area contributed by atoms with Crippen LogP contribution in [0.3, 0.4) is 0 Å². The summed E-state index contributed by atoms with van der Waals surface area (Å²) in [6.45, 7) is 4.27. The lowest BCUT2D eigenvalue weighted by Crippen LogP contribution is -2.15. The zero-order valence-corrected chi connectivity index (χ0v) is 30.6. The van der Waals surface area contributed by atoms with Gasteiger partial charge in [0, 0.05) is 22.1 Å². The van der Waals surface area contributed by atoms with Crippen LogP contribution in [0.1, 0.15) is 45.5 Å². The van der Waals surface area contributed by atoms with Crippen molar-refractivity contribution in [2.24, 2.45) is 0 Å². The minimum atomic E-state index is -0.775. The Morgan fingerprint density at radius 1 is 0.368 bits per heavy atom.